The molecule has 5 N–H and O–H groups in total. The number of fused-ring (bicyclic) bond motifs is 1. The van der Waals surface area contributed by atoms with Crippen LogP contribution in [0.5, 0.6) is 0 Å². The third kappa shape index (κ3) is 4.74. The number of hydrogen-bond donors (Lipinski definition) is 3. The van der Waals surface area contributed by atoms with E-state index in [4.69, 9.17) is 21.1 Å². The van der Waals surface area contributed by atoms with E-state index in [0.717, 1.165) is 12.1 Å². The molecule has 158 valence electrons. The lowest BCUT2D eigenvalue weighted by molar-refractivity contribution is 0.0525. The van der Waals surface area contributed by atoms with Crippen molar-refractivity contribution in [1.82, 2.24) is 10.3 Å². The summed E-state index contributed by atoms with van der Waals surface area (Å²) in [6.07, 6.45) is 8.79. The molecule has 0 bridgehead atoms. The summed E-state index contributed by atoms with van der Waals surface area (Å²) >= 11 is 0. The quantitative estimate of drug-likeness (QED) is 0.498. The van der Waals surface area contributed by atoms with Gasteiger partial charge in [0.1, 0.15) is 12.2 Å². The Balaban J connectivity index is 1.32. The highest BCUT2D eigenvalue weighted by molar-refractivity contribution is 5.94. The van der Waals surface area contributed by atoms with Crippen LogP contribution in [0.4, 0.5) is 0 Å². The van der Waals surface area contributed by atoms with Crippen molar-refractivity contribution in [2.75, 3.05) is 13.2 Å². The van der Waals surface area contributed by atoms with Crippen molar-refractivity contribution in [3.63, 3.8) is 0 Å². The summed E-state index contributed by atoms with van der Waals surface area (Å²) in [5, 5.41) is 4.68. The van der Waals surface area contributed by atoms with Gasteiger partial charge in [-0.05, 0) is 24.5 Å². The molecule has 1 amide bonds. The van der Waals surface area contributed by atoms with E-state index in [0.29, 0.717) is 24.7 Å². The molecule has 0 aromatic heterocycles. The third-order valence-electron chi connectivity index (χ3n) is 6.33. The average Bonchev–Trinajstić information content (AvgIpc) is 3.32. The number of hydrogen-bond acceptors (Lipinski definition) is 6. The number of amides is 1. The standard InChI is InChI=1S/C22H32N4O3/c23-17(11-15-7-3-1-4-8-15)12-26(24)19-14-29-20-18(13-28-21(19)20)25-22(27)16-9-5-2-6-10-16/h2,5-6,9-10,12,15,18-21H,1,3-4,7-8,11,13-14,23-24H2,(H,25,27)/b17-12-. The Kier molecular flexibility index (Phi) is 6.37. The Morgan fingerprint density at radius 1 is 1.10 bits per heavy atom. The predicted octanol–water partition coefficient (Wildman–Crippen LogP) is 1.90. The van der Waals surface area contributed by atoms with Crippen LogP contribution in [-0.4, -0.2) is 48.4 Å². The average molecular weight is 401 g/mol. The van der Waals surface area contributed by atoms with Gasteiger partial charge in [0.2, 0.25) is 0 Å². The number of carbonyl (C=O) groups excluding carboxylic acids is 1. The molecule has 2 aliphatic heterocycles. The lowest BCUT2D eigenvalue weighted by Crippen LogP contribution is -2.47. The highest BCUT2D eigenvalue weighted by Gasteiger charge is 2.49. The van der Waals surface area contributed by atoms with E-state index in [1.54, 1.807) is 17.1 Å². The number of nitrogens with one attached hydrogen (secondary N) is 1. The number of carbonyl (C=O) groups is 1. The minimum absolute atomic E-state index is 0.108. The number of rotatable bonds is 6. The number of ether oxygens (including phenoxy) is 2. The molecule has 3 aliphatic rings. The first kappa shape index (κ1) is 20.2. The van der Waals surface area contributed by atoms with Gasteiger partial charge in [0, 0.05) is 17.5 Å². The molecule has 1 aromatic rings. The van der Waals surface area contributed by atoms with Crippen molar-refractivity contribution >= 4 is 5.91 Å². The minimum atomic E-state index is -0.202. The van der Waals surface area contributed by atoms with Crippen LogP contribution < -0.4 is 16.9 Å². The first-order valence-electron chi connectivity index (χ1n) is 10.7. The molecular formula is C22H32N4O3. The van der Waals surface area contributed by atoms with E-state index in [1.165, 1.54) is 32.1 Å². The Bertz CT molecular complexity index is 720. The monoisotopic (exact) mass is 400 g/mol. The smallest absolute Gasteiger partial charge is 0.251 e. The molecule has 2 heterocycles. The largest absolute Gasteiger partial charge is 0.401 e. The van der Waals surface area contributed by atoms with Crippen LogP contribution in [0.2, 0.25) is 0 Å². The maximum atomic E-state index is 12.5. The Labute approximate surface area is 172 Å². The zero-order valence-corrected chi connectivity index (χ0v) is 16.8. The fraction of sp³-hybridized carbons (Fsp3) is 0.591. The summed E-state index contributed by atoms with van der Waals surface area (Å²) in [4.78, 5) is 12.5. The molecular weight excluding hydrogens is 368 g/mol. The molecule has 4 atom stereocenters. The summed E-state index contributed by atoms with van der Waals surface area (Å²) in [5.41, 5.74) is 7.71. The van der Waals surface area contributed by atoms with Crippen molar-refractivity contribution in [2.45, 2.75) is 62.8 Å². The van der Waals surface area contributed by atoms with Gasteiger partial charge in [0.05, 0.1) is 25.3 Å². The molecule has 1 aliphatic carbocycles. The number of allylic oxidation sites excluding steroid dienone is 1. The lowest BCUT2D eigenvalue weighted by atomic mass is 9.86. The number of nitrogens with zero attached hydrogens (tertiary/aromatic N) is 1. The number of hydrazine groups is 1. The number of benzene rings is 1. The van der Waals surface area contributed by atoms with Crippen LogP contribution in [0.1, 0.15) is 48.9 Å². The molecule has 1 aromatic carbocycles. The summed E-state index contributed by atoms with van der Waals surface area (Å²) in [6, 6.07) is 8.88. The topological polar surface area (TPSA) is 103 Å². The molecule has 3 fully saturated rings. The molecule has 7 heteroatoms. The van der Waals surface area contributed by atoms with Crippen molar-refractivity contribution in [2.24, 2.45) is 17.5 Å². The molecule has 1 saturated carbocycles. The number of nitrogens with two attached hydrogens (primary N) is 2. The minimum Gasteiger partial charge on any atom is -0.401 e. The maximum absolute atomic E-state index is 12.5. The first-order chi connectivity index (χ1) is 14.1. The van der Waals surface area contributed by atoms with Gasteiger partial charge in [0.15, 0.2) is 0 Å². The van der Waals surface area contributed by atoms with Gasteiger partial charge < -0.3 is 25.5 Å². The highest BCUT2D eigenvalue weighted by atomic mass is 16.6. The summed E-state index contributed by atoms with van der Waals surface area (Å²) in [7, 11) is 0. The van der Waals surface area contributed by atoms with Gasteiger partial charge in [-0.3, -0.25) is 4.79 Å². The van der Waals surface area contributed by atoms with Gasteiger partial charge in [0.25, 0.3) is 5.91 Å². The SMILES string of the molecule is N/C(=C\N(N)C1COC2C(NC(=O)c3ccccc3)COC21)CC1CCCCC1. The van der Waals surface area contributed by atoms with Gasteiger partial charge in [-0.2, -0.15) is 0 Å². The van der Waals surface area contributed by atoms with Crippen LogP contribution in [0.25, 0.3) is 0 Å². The zero-order valence-electron chi connectivity index (χ0n) is 16.8. The van der Waals surface area contributed by atoms with E-state index < -0.39 is 0 Å². The fourth-order valence-corrected chi connectivity index (χ4v) is 4.76. The van der Waals surface area contributed by atoms with E-state index in [9.17, 15) is 4.79 Å². The second-order valence-corrected chi connectivity index (χ2v) is 8.47. The third-order valence-corrected chi connectivity index (χ3v) is 6.33. The van der Waals surface area contributed by atoms with Gasteiger partial charge in [-0.15, -0.1) is 0 Å². The van der Waals surface area contributed by atoms with Crippen molar-refractivity contribution in [1.29, 1.82) is 0 Å². The Hall–Kier alpha value is -2.09. The van der Waals surface area contributed by atoms with Crippen molar-refractivity contribution < 1.29 is 14.3 Å². The molecule has 0 spiro atoms. The predicted molar refractivity (Wildman–Crippen MR) is 110 cm³/mol. The Morgan fingerprint density at radius 3 is 2.59 bits per heavy atom. The van der Waals surface area contributed by atoms with Crippen LogP contribution in [0, 0.1) is 5.92 Å². The van der Waals surface area contributed by atoms with E-state index >= 15 is 0 Å². The second kappa shape index (κ2) is 9.15. The van der Waals surface area contributed by atoms with Gasteiger partial charge >= 0.3 is 0 Å². The zero-order chi connectivity index (χ0) is 20.2. The van der Waals surface area contributed by atoms with Crippen LogP contribution in [0.15, 0.2) is 42.2 Å². The first-order valence-corrected chi connectivity index (χ1v) is 10.7. The van der Waals surface area contributed by atoms with Crippen LogP contribution in [-0.2, 0) is 9.47 Å². The molecule has 2 saturated heterocycles. The van der Waals surface area contributed by atoms with Gasteiger partial charge in [-0.1, -0.05) is 50.3 Å². The lowest BCUT2D eigenvalue weighted by Gasteiger charge is -2.27. The van der Waals surface area contributed by atoms with E-state index in [2.05, 4.69) is 5.32 Å². The van der Waals surface area contributed by atoms with E-state index in [-0.39, 0.29) is 30.2 Å². The normalized spacial score (nSPS) is 30.2. The second-order valence-electron chi connectivity index (χ2n) is 8.47. The highest BCUT2D eigenvalue weighted by Crippen LogP contribution is 2.31. The summed E-state index contributed by atoms with van der Waals surface area (Å²) in [5.74, 6) is 6.86. The molecule has 7 nitrogen and oxygen atoms in total. The van der Waals surface area contributed by atoms with Crippen LogP contribution >= 0.6 is 0 Å². The van der Waals surface area contributed by atoms with Crippen LogP contribution in [0.3, 0.4) is 0 Å². The molecule has 29 heavy (non-hydrogen) atoms. The maximum Gasteiger partial charge on any atom is 0.251 e. The molecule has 4 unspecified atom stereocenters. The van der Waals surface area contributed by atoms with E-state index in [1.807, 2.05) is 24.4 Å². The van der Waals surface area contributed by atoms with Crippen molar-refractivity contribution in [3.8, 4) is 0 Å². The van der Waals surface area contributed by atoms with Crippen molar-refractivity contribution in [3.05, 3.63) is 47.8 Å². The fourth-order valence-electron chi connectivity index (χ4n) is 4.76. The van der Waals surface area contributed by atoms with Gasteiger partial charge in [-0.25, -0.2) is 5.84 Å². The summed E-state index contributed by atoms with van der Waals surface area (Å²) < 4.78 is 11.9. The molecule has 4 rings (SSSR count). The summed E-state index contributed by atoms with van der Waals surface area (Å²) in [6.45, 7) is 0.871. The Morgan fingerprint density at radius 2 is 1.83 bits per heavy atom. The molecule has 0 radical (unpaired) electrons.